The number of rotatable bonds is 11. The van der Waals surface area contributed by atoms with Crippen LogP contribution in [-0.4, -0.2) is 110 Å². The van der Waals surface area contributed by atoms with Crippen LogP contribution in [0.5, 0.6) is 0 Å². The number of nitrogens with two attached hydrogens (primary N) is 1. The van der Waals surface area contributed by atoms with Crippen LogP contribution in [0.3, 0.4) is 0 Å². The van der Waals surface area contributed by atoms with E-state index < -0.39 is 72.9 Å². The Kier molecular flexibility index (Phi) is 12.3. The van der Waals surface area contributed by atoms with E-state index in [1.54, 1.807) is 26.0 Å². The Labute approximate surface area is 223 Å². The van der Waals surface area contributed by atoms with Gasteiger partial charge in [0.1, 0.15) is 6.10 Å². The van der Waals surface area contributed by atoms with E-state index in [2.05, 4.69) is 10.6 Å². The highest BCUT2D eigenvalue weighted by atomic mass is 32.1. The molecule has 2 heterocycles. The lowest BCUT2D eigenvalue weighted by Gasteiger charge is -2.46. The molecule has 0 radical (unpaired) electrons. The molecule has 0 aromatic heterocycles. The summed E-state index contributed by atoms with van der Waals surface area (Å²) in [6, 6.07) is -2.50. The largest absolute Gasteiger partial charge is 0.393 e. The van der Waals surface area contributed by atoms with Gasteiger partial charge in [-0.3, -0.25) is 0 Å². The Morgan fingerprint density at radius 3 is 2.59 bits per heavy atom. The average Bonchev–Trinajstić information content (AvgIpc) is 2.81. The fraction of sp³-hybridized carbons (Fsp3) is 0.833. The molecular weight excluding hydrogens is 506 g/mol. The highest BCUT2D eigenvalue weighted by Gasteiger charge is 2.48. The second kappa shape index (κ2) is 14.2. The average molecular weight is 550 g/mol. The number of urea groups is 1. The number of hydrogen-bond acceptors (Lipinski definition) is 11. The van der Waals surface area contributed by atoms with Gasteiger partial charge >= 0.3 is 6.03 Å². The predicted molar refractivity (Wildman–Crippen MR) is 139 cm³/mol. The van der Waals surface area contributed by atoms with Gasteiger partial charge in [-0.2, -0.15) is 0 Å². The highest BCUT2D eigenvalue weighted by Crippen LogP contribution is 2.34. The minimum Gasteiger partial charge on any atom is -0.393 e. The van der Waals surface area contributed by atoms with Crippen LogP contribution >= 0.6 is 12.2 Å². The van der Waals surface area contributed by atoms with Gasteiger partial charge < -0.3 is 56.1 Å². The normalized spacial score (nSPS) is 38.2. The molecule has 0 aliphatic carbocycles. The number of allylic oxidation sites excluding steroid dienone is 1. The quantitative estimate of drug-likeness (QED) is 0.119. The van der Waals surface area contributed by atoms with Crippen molar-refractivity contribution in [2.24, 2.45) is 5.73 Å². The van der Waals surface area contributed by atoms with Gasteiger partial charge in [0.25, 0.3) is 0 Å². The van der Waals surface area contributed by atoms with Crippen molar-refractivity contribution in [2.45, 2.75) is 120 Å². The van der Waals surface area contributed by atoms with Crippen LogP contribution in [0, 0.1) is 0 Å². The Morgan fingerprint density at radius 2 is 2.00 bits per heavy atom. The molecule has 2 aliphatic rings. The van der Waals surface area contributed by atoms with E-state index in [9.17, 15) is 30.3 Å². The Balaban J connectivity index is 2.23. The van der Waals surface area contributed by atoms with Crippen molar-refractivity contribution >= 4 is 23.1 Å². The van der Waals surface area contributed by atoms with Crippen LogP contribution in [0.25, 0.3) is 0 Å². The number of aliphatic hydroxyl groups is 5. The lowest BCUT2D eigenvalue weighted by molar-refractivity contribution is -0.302. The first-order valence-corrected chi connectivity index (χ1v) is 13.1. The number of carbonyl (C=O) groups excluding carboxylic acids is 1. The van der Waals surface area contributed by atoms with Gasteiger partial charge in [-0.05, 0) is 27.2 Å². The maximum absolute atomic E-state index is 12.5. The van der Waals surface area contributed by atoms with Crippen LogP contribution in [-0.2, 0) is 14.2 Å². The van der Waals surface area contributed by atoms with Crippen molar-refractivity contribution in [1.29, 1.82) is 0 Å². The van der Waals surface area contributed by atoms with E-state index in [0.29, 0.717) is 11.3 Å². The molecule has 2 amide bonds. The smallest absolute Gasteiger partial charge is 0.315 e. The van der Waals surface area contributed by atoms with Gasteiger partial charge in [0.15, 0.2) is 12.1 Å². The number of amides is 2. The second-order valence-electron chi connectivity index (χ2n) is 9.88. The molecule has 2 saturated heterocycles. The third-order valence-corrected chi connectivity index (χ3v) is 6.98. The molecular formula is C24H43N3O9S. The summed E-state index contributed by atoms with van der Waals surface area (Å²) in [7, 11) is 0. The number of nitrogens with one attached hydrogen (secondary N) is 2. The van der Waals surface area contributed by atoms with E-state index in [1.165, 1.54) is 6.92 Å². The molecule has 2 aliphatic heterocycles. The first-order chi connectivity index (χ1) is 17.3. The fourth-order valence-corrected chi connectivity index (χ4v) is 4.64. The molecule has 0 unspecified atom stereocenters. The van der Waals surface area contributed by atoms with Crippen molar-refractivity contribution in [1.82, 2.24) is 10.6 Å². The standard InChI is InChI=1S/C24H43N3O9S/c1-5-7-14(35-22-21(31)18(25)20(30)13(4)34-22)8-17-19(27-23(32)26-11-15(37)6-2)16(29)10-24(33,36-17)9-12(3)28/h5,7,12-14,16-22,28-31,33H,6,8-11,25H2,1-4H3,(H2,26,27,32)/b7-5+/t12-,13+,14-,16-,17-,18-,19+,20+,21-,22-,24+/m0/s1. The summed E-state index contributed by atoms with van der Waals surface area (Å²) in [6.45, 7) is 6.92. The summed E-state index contributed by atoms with van der Waals surface area (Å²) < 4.78 is 17.5. The molecule has 9 N–H and O–H groups in total. The molecule has 12 nitrogen and oxygen atoms in total. The number of ether oxygens (including phenoxy) is 3. The Hall–Kier alpha value is -1.26. The maximum Gasteiger partial charge on any atom is 0.315 e. The summed E-state index contributed by atoms with van der Waals surface area (Å²) in [5, 5.41) is 57.7. The van der Waals surface area contributed by atoms with Crippen LogP contribution in [0.15, 0.2) is 12.2 Å². The van der Waals surface area contributed by atoms with E-state index in [1.807, 2.05) is 6.92 Å². The molecule has 37 heavy (non-hydrogen) atoms. The third-order valence-electron chi connectivity index (χ3n) is 6.54. The van der Waals surface area contributed by atoms with Gasteiger partial charge in [0, 0.05) is 24.1 Å². The fourth-order valence-electron chi connectivity index (χ4n) is 4.56. The monoisotopic (exact) mass is 549 g/mol. The molecule has 0 aromatic rings. The van der Waals surface area contributed by atoms with Gasteiger partial charge in [0.05, 0.1) is 55.3 Å². The zero-order chi connectivity index (χ0) is 27.9. The minimum absolute atomic E-state index is 0.0284. The molecule has 11 atom stereocenters. The molecule has 0 aromatic carbocycles. The molecule has 13 heteroatoms. The third kappa shape index (κ3) is 9.17. The number of carbonyl (C=O) groups is 1. The SMILES string of the molecule is C/C=C/[C@@H](C[C@@H]1O[C@](O)(C[C@H](C)O)C[C@H](O)[C@H]1NC(=O)NCC(=S)CC)O[C@@H]1O[C@H](C)[C@@H](O)[C@H](N)[C@@H]1O. The van der Waals surface area contributed by atoms with Gasteiger partial charge in [-0.25, -0.2) is 4.79 Å². The molecule has 2 fully saturated rings. The van der Waals surface area contributed by atoms with Crippen molar-refractivity contribution < 1.29 is 44.5 Å². The molecule has 0 spiro atoms. The highest BCUT2D eigenvalue weighted by molar-refractivity contribution is 7.80. The lowest BCUT2D eigenvalue weighted by atomic mass is 9.88. The topological polar surface area (TPSA) is 196 Å². The zero-order valence-corrected chi connectivity index (χ0v) is 22.6. The molecule has 2 rings (SSSR count). The molecule has 0 bridgehead atoms. The first-order valence-electron chi connectivity index (χ1n) is 12.7. The van der Waals surface area contributed by atoms with Gasteiger partial charge in [-0.1, -0.05) is 31.3 Å². The van der Waals surface area contributed by atoms with Crippen LogP contribution < -0.4 is 16.4 Å². The van der Waals surface area contributed by atoms with E-state index in [0.717, 1.165) is 0 Å². The van der Waals surface area contributed by atoms with Crippen molar-refractivity contribution in [2.75, 3.05) is 6.54 Å². The summed E-state index contributed by atoms with van der Waals surface area (Å²) >= 11 is 5.14. The van der Waals surface area contributed by atoms with Gasteiger partial charge in [0.2, 0.25) is 0 Å². The van der Waals surface area contributed by atoms with E-state index in [-0.39, 0.29) is 25.8 Å². The summed E-state index contributed by atoms with van der Waals surface area (Å²) in [5.74, 6) is -1.85. The van der Waals surface area contributed by atoms with Gasteiger partial charge in [-0.15, -0.1) is 0 Å². The van der Waals surface area contributed by atoms with Crippen molar-refractivity contribution in [3.63, 3.8) is 0 Å². The minimum atomic E-state index is -1.85. The summed E-state index contributed by atoms with van der Waals surface area (Å²) in [6.07, 6.45) is -4.45. The molecule has 0 saturated carbocycles. The van der Waals surface area contributed by atoms with Crippen molar-refractivity contribution in [3.8, 4) is 0 Å². The summed E-state index contributed by atoms with van der Waals surface area (Å²) in [5.41, 5.74) is 5.92. The van der Waals surface area contributed by atoms with Crippen LogP contribution in [0.2, 0.25) is 0 Å². The Morgan fingerprint density at radius 1 is 1.32 bits per heavy atom. The zero-order valence-electron chi connectivity index (χ0n) is 21.8. The number of hydrogen-bond donors (Lipinski definition) is 8. The molecule has 214 valence electrons. The van der Waals surface area contributed by atoms with Crippen LogP contribution in [0.1, 0.15) is 53.4 Å². The Bertz CT molecular complexity index is 789. The van der Waals surface area contributed by atoms with E-state index >= 15 is 0 Å². The lowest BCUT2D eigenvalue weighted by Crippen LogP contribution is -2.63. The number of thiocarbonyl (C=S) groups is 1. The predicted octanol–water partition coefficient (Wildman–Crippen LogP) is -0.811. The first kappa shape index (κ1) is 32.0. The second-order valence-corrected chi connectivity index (χ2v) is 10.5. The number of aliphatic hydroxyl groups excluding tert-OH is 4. The maximum atomic E-state index is 12.5. The summed E-state index contributed by atoms with van der Waals surface area (Å²) in [4.78, 5) is 13.2. The van der Waals surface area contributed by atoms with E-state index in [4.69, 9.17) is 32.2 Å². The van der Waals surface area contributed by atoms with Crippen molar-refractivity contribution in [3.05, 3.63) is 12.2 Å². The van der Waals surface area contributed by atoms with Crippen LogP contribution in [0.4, 0.5) is 4.79 Å².